The van der Waals surface area contributed by atoms with Crippen molar-refractivity contribution in [1.82, 2.24) is 0 Å². The molecule has 0 saturated carbocycles. The molecule has 0 heterocycles. The van der Waals surface area contributed by atoms with Gasteiger partial charge in [0.15, 0.2) is 0 Å². The van der Waals surface area contributed by atoms with Gasteiger partial charge in [0.1, 0.15) is 0 Å². The zero-order chi connectivity index (χ0) is 21.3. The van der Waals surface area contributed by atoms with E-state index in [4.69, 9.17) is 4.99 Å². The second-order valence-electron chi connectivity index (χ2n) is 7.15. The molecule has 30 heavy (non-hydrogen) atoms. The first-order valence-electron chi connectivity index (χ1n) is 10.7. The van der Waals surface area contributed by atoms with Gasteiger partial charge in [0.05, 0.1) is 18.0 Å². The fraction of sp³-hybridized carbons (Fsp3) is 0.214. The van der Waals surface area contributed by atoms with Crippen LogP contribution in [0.5, 0.6) is 0 Å². The first kappa shape index (κ1) is 21.4. The summed E-state index contributed by atoms with van der Waals surface area (Å²) in [5.41, 5.74) is 9.08. The Morgan fingerprint density at radius 1 is 1.00 bits per heavy atom. The van der Waals surface area contributed by atoms with E-state index in [1.165, 1.54) is 22.3 Å². The molecule has 0 saturated heterocycles. The Morgan fingerprint density at radius 2 is 1.80 bits per heavy atom. The van der Waals surface area contributed by atoms with E-state index in [2.05, 4.69) is 85.4 Å². The van der Waals surface area contributed by atoms with E-state index in [9.17, 15) is 0 Å². The lowest BCUT2D eigenvalue weighted by molar-refractivity contribution is 0.983. The summed E-state index contributed by atoms with van der Waals surface area (Å²) in [6.45, 7) is 10.6. The van der Waals surface area contributed by atoms with Crippen molar-refractivity contribution in [1.29, 1.82) is 0 Å². The van der Waals surface area contributed by atoms with Crippen LogP contribution in [0.3, 0.4) is 0 Å². The molecule has 4 rings (SSSR count). The summed E-state index contributed by atoms with van der Waals surface area (Å²) >= 11 is 0. The highest BCUT2D eigenvalue weighted by atomic mass is 14.8. The molecule has 0 aliphatic heterocycles. The summed E-state index contributed by atoms with van der Waals surface area (Å²) in [6, 6.07) is 14.9. The van der Waals surface area contributed by atoms with E-state index >= 15 is 0 Å². The number of fused-ring (bicyclic) bond motifs is 1. The van der Waals surface area contributed by atoms with E-state index in [0.29, 0.717) is 6.54 Å². The first-order valence-corrected chi connectivity index (χ1v) is 10.7. The van der Waals surface area contributed by atoms with Crippen LogP contribution in [0.1, 0.15) is 48.1 Å². The number of allylic oxidation sites excluding steroid dienone is 6. The maximum Gasteiger partial charge on any atom is 0.0794 e. The molecule has 2 aliphatic carbocycles. The second-order valence-corrected chi connectivity index (χ2v) is 7.15. The Balaban J connectivity index is 0.00000124. The van der Waals surface area contributed by atoms with Gasteiger partial charge in [-0.1, -0.05) is 92.3 Å². The molecule has 0 N–H and O–H groups in total. The lowest BCUT2D eigenvalue weighted by Gasteiger charge is -2.18. The highest BCUT2D eigenvalue weighted by Gasteiger charge is 2.17. The third-order valence-corrected chi connectivity index (χ3v) is 5.15. The molecule has 2 aromatic rings. The molecule has 0 unspecified atom stereocenters. The number of aliphatic imine (C=N–C) groups is 2. The van der Waals surface area contributed by atoms with E-state index in [-0.39, 0.29) is 0 Å². The SMILES string of the molecule is C=N/C(=C1/C=CC=CC1=NCc1cccc(C)c1)c1cccc2c1C=CCC2.CC. The summed E-state index contributed by atoms with van der Waals surface area (Å²) < 4.78 is 0. The van der Waals surface area contributed by atoms with Gasteiger partial charge in [-0.3, -0.25) is 9.98 Å². The molecule has 0 atom stereocenters. The van der Waals surface area contributed by atoms with E-state index < -0.39 is 0 Å². The van der Waals surface area contributed by atoms with Crippen LogP contribution in [0.4, 0.5) is 0 Å². The van der Waals surface area contributed by atoms with Crippen LogP contribution < -0.4 is 0 Å². The fourth-order valence-electron chi connectivity index (χ4n) is 3.79. The lowest BCUT2D eigenvalue weighted by atomic mass is 9.89. The van der Waals surface area contributed by atoms with Crippen LogP contribution in [-0.4, -0.2) is 12.4 Å². The van der Waals surface area contributed by atoms with Gasteiger partial charge in [0, 0.05) is 11.1 Å². The number of benzene rings is 2. The van der Waals surface area contributed by atoms with Crippen molar-refractivity contribution in [3.63, 3.8) is 0 Å². The molecule has 0 fully saturated rings. The molecular formula is C28H30N2. The Kier molecular flexibility index (Phi) is 7.51. The Labute approximate surface area is 180 Å². The van der Waals surface area contributed by atoms with Crippen LogP contribution in [0.25, 0.3) is 11.8 Å². The molecule has 2 heteroatoms. The van der Waals surface area contributed by atoms with Crippen molar-refractivity contribution in [3.05, 3.63) is 106 Å². The topological polar surface area (TPSA) is 24.7 Å². The van der Waals surface area contributed by atoms with Gasteiger partial charge >= 0.3 is 0 Å². The number of hydrogen-bond acceptors (Lipinski definition) is 2. The van der Waals surface area contributed by atoms with Crippen LogP contribution >= 0.6 is 0 Å². The maximum absolute atomic E-state index is 4.90. The summed E-state index contributed by atoms with van der Waals surface area (Å²) in [7, 11) is 0. The third-order valence-electron chi connectivity index (χ3n) is 5.15. The number of nitrogens with zero attached hydrogens (tertiary/aromatic N) is 2. The normalized spacial score (nSPS) is 17.2. The predicted octanol–water partition coefficient (Wildman–Crippen LogP) is 7.16. The molecule has 0 spiro atoms. The third kappa shape index (κ3) is 4.83. The summed E-state index contributed by atoms with van der Waals surface area (Å²) in [6.07, 6.45) is 14.8. The van der Waals surface area contributed by atoms with Gasteiger partial charge in [0.2, 0.25) is 0 Å². The van der Waals surface area contributed by atoms with Crippen LogP contribution in [0.15, 0.2) is 88.4 Å². The molecule has 0 radical (unpaired) electrons. The van der Waals surface area contributed by atoms with Gasteiger partial charge in [0.25, 0.3) is 0 Å². The van der Waals surface area contributed by atoms with E-state index in [1.54, 1.807) is 0 Å². The Morgan fingerprint density at radius 3 is 2.60 bits per heavy atom. The molecule has 0 aromatic heterocycles. The molecule has 2 aromatic carbocycles. The first-order chi connectivity index (χ1) is 14.8. The smallest absolute Gasteiger partial charge is 0.0794 e. The van der Waals surface area contributed by atoms with Crippen molar-refractivity contribution in [2.75, 3.05) is 0 Å². The molecule has 0 amide bonds. The van der Waals surface area contributed by atoms with Crippen molar-refractivity contribution >= 4 is 24.2 Å². The van der Waals surface area contributed by atoms with E-state index in [1.807, 2.05) is 26.0 Å². The Hall–Kier alpha value is -3.26. The molecule has 2 nitrogen and oxygen atoms in total. The highest BCUT2D eigenvalue weighted by Crippen LogP contribution is 2.32. The molecule has 2 aliphatic rings. The zero-order valence-corrected chi connectivity index (χ0v) is 18.2. The van der Waals surface area contributed by atoms with Crippen molar-refractivity contribution in [2.45, 2.75) is 40.2 Å². The summed E-state index contributed by atoms with van der Waals surface area (Å²) in [5, 5.41) is 0. The van der Waals surface area contributed by atoms with Gasteiger partial charge in [-0.2, -0.15) is 0 Å². The minimum atomic E-state index is 0.649. The van der Waals surface area contributed by atoms with Crippen molar-refractivity contribution in [3.8, 4) is 0 Å². The molecule has 0 bridgehead atoms. The van der Waals surface area contributed by atoms with Crippen LogP contribution in [0, 0.1) is 6.92 Å². The number of rotatable bonds is 4. The zero-order valence-electron chi connectivity index (χ0n) is 18.2. The lowest BCUT2D eigenvalue weighted by Crippen LogP contribution is -2.06. The van der Waals surface area contributed by atoms with Gasteiger partial charge in [-0.15, -0.1) is 0 Å². The fourth-order valence-corrected chi connectivity index (χ4v) is 3.79. The molecule has 152 valence electrons. The maximum atomic E-state index is 4.90. The van der Waals surface area contributed by atoms with Gasteiger partial charge in [-0.25, -0.2) is 0 Å². The second kappa shape index (κ2) is 10.5. The van der Waals surface area contributed by atoms with Crippen LogP contribution in [-0.2, 0) is 13.0 Å². The predicted molar refractivity (Wildman–Crippen MR) is 132 cm³/mol. The average Bonchev–Trinajstić information content (AvgIpc) is 2.80. The summed E-state index contributed by atoms with van der Waals surface area (Å²) in [5.74, 6) is 0. The van der Waals surface area contributed by atoms with Gasteiger partial charge in [-0.05, 0) is 49.2 Å². The number of hydrogen-bond donors (Lipinski definition) is 0. The average molecular weight is 395 g/mol. The van der Waals surface area contributed by atoms with Crippen molar-refractivity contribution in [2.24, 2.45) is 9.98 Å². The van der Waals surface area contributed by atoms with Gasteiger partial charge < -0.3 is 0 Å². The minimum Gasteiger partial charge on any atom is -0.280 e. The number of aryl methyl sites for hydroxylation is 2. The Bertz CT molecular complexity index is 1060. The van der Waals surface area contributed by atoms with E-state index in [0.717, 1.165) is 35.4 Å². The highest BCUT2D eigenvalue weighted by molar-refractivity contribution is 6.16. The monoisotopic (exact) mass is 394 g/mol. The largest absolute Gasteiger partial charge is 0.280 e. The molecular weight excluding hydrogens is 364 g/mol. The summed E-state index contributed by atoms with van der Waals surface area (Å²) in [4.78, 5) is 9.34. The minimum absolute atomic E-state index is 0.649. The standard InChI is InChI=1S/C26H24N2.C2H6/c1-19-9-7-10-20(17-19)18-28-25-16-6-5-14-24(25)26(27-2)23-15-8-12-21-11-3-4-13-22(21)23;1-2/h4-10,12-17H,2-3,11,18H2,1H3;1-2H3/b26-24-,28-25?;. The quantitative estimate of drug-likeness (QED) is 0.492. The van der Waals surface area contributed by atoms with Crippen LogP contribution in [0.2, 0.25) is 0 Å². The van der Waals surface area contributed by atoms with Crippen molar-refractivity contribution < 1.29 is 0 Å².